The predicted molar refractivity (Wildman–Crippen MR) is 113 cm³/mol. The van der Waals surface area contributed by atoms with Crippen molar-refractivity contribution >= 4 is 18.1 Å². The minimum atomic E-state index is -0.720. The molecule has 30 heavy (non-hydrogen) atoms. The van der Waals surface area contributed by atoms with Crippen molar-refractivity contribution in [1.29, 1.82) is 0 Å². The Hall–Kier alpha value is -2.87. The van der Waals surface area contributed by atoms with E-state index in [1.807, 2.05) is 10.6 Å². The highest BCUT2D eigenvalue weighted by molar-refractivity contribution is 5.93. The van der Waals surface area contributed by atoms with Gasteiger partial charge in [-0.25, -0.2) is 9.78 Å². The molecule has 2 heterocycles. The van der Waals surface area contributed by atoms with Gasteiger partial charge in [-0.05, 0) is 56.2 Å². The van der Waals surface area contributed by atoms with Crippen LogP contribution < -0.4 is 10.1 Å². The third kappa shape index (κ3) is 3.79. The molecule has 8 heteroatoms. The second-order valence-electron chi connectivity index (χ2n) is 7.58. The Kier molecular flexibility index (Phi) is 6.03. The molecule has 2 aromatic rings. The number of hydrogen-bond donors (Lipinski definition) is 2. The van der Waals surface area contributed by atoms with Crippen LogP contribution in [0.25, 0.3) is 0 Å². The van der Waals surface area contributed by atoms with E-state index >= 15 is 0 Å². The number of aryl methyl sites for hydroxylation is 2. The molecule has 1 aliphatic carbocycles. The Morgan fingerprint density at radius 2 is 2.20 bits per heavy atom. The summed E-state index contributed by atoms with van der Waals surface area (Å²) in [6, 6.07) is 1.95. The van der Waals surface area contributed by atoms with Crippen LogP contribution in [0.2, 0.25) is 0 Å². The SMILES string of the molecule is CCOC(=O)c1cc2c(c(CCn3cnc4c3NC=NCC4O)c1OC)CCCC2. The summed E-state index contributed by atoms with van der Waals surface area (Å²) in [6.07, 6.45) is 7.48. The summed E-state index contributed by atoms with van der Waals surface area (Å²) in [7, 11) is 1.61. The van der Waals surface area contributed by atoms with E-state index in [1.54, 1.807) is 26.7 Å². The molecule has 2 aliphatic rings. The lowest BCUT2D eigenvalue weighted by atomic mass is 9.85. The highest BCUT2D eigenvalue weighted by Crippen LogP contribution is 2.36. The van der Waals surface area contributed by atoms with Crippen LogP contribution in [0.1, 0.15) is 58.6 Å². The number of nitrogens with one attached hydrogen (secondary N) is 1. The van der Waals surface area contributed by atoms with Gasteiger partial charge in [-0.2, -0.15) is 0 Å². The lowest BCUT2D eigenvalue weighted by Gasteiger charge is -2.24. The predicted octanol–water partition coefficient (Wildman–Crippen LogP) is 2.68. The lowest BCUT2D eigenvalue weighted by molar-refractivity contribution is 0.0522. The zero-order chi connectivity index (χ0) is 21.1. The number of ether oxygens (including phenoxy) is 2. The summed E-state index contributed by atoms with van der Waals surface area (Å²) < 4.78 is 13.0. The van der Waals surface area contributed by atoms with Crippen LogP contribution in [0.15, 0.2) is 17.4 Å². The van der Waals surface area contributed by atoms with Gasteiger partial charge in [0.25, 0.3) is 0 Å². The van der Waals surface area contributed by atoms with Crippen LogP contribution in [-0.2, 0) is 30.5 Å². The number of aliphatic imine (C=N–C) groups is 1. The van der Waals surface area contributed by atoms with Crippen molar-refractivity contribution < 1.29 is 19.4 Å². The summed E-state index contributed by atoms with van der Waals surface area (Å²) in [6.45, 7) is 3.05. The summed E-state index contributed by atoms with van der Waals surface area (Å²) in [5.41, 5.74) is 4.65. The highest BCUT2D eigenvalue weighted by Gasteiger charge is 2.26. The fourth-order valence-electron chi connectivity index (χ4n) is 4.38. The number of fused-ring (bicyclic) bond motifs is 2. The van der Waals surface area contributed by atoms with Crippen LogP contribution in [-0.4, -0.2) is 47.2 Å². The molecule has 1 atom stereocenters. The van der Waals surface area contributed by atoms with E-state index < -0.39 is 6.10 Å². The Balaban J connectivity index is 1.69. The second-order valence-corrected chi connectivity index (χ2v) is 7.58. The van der Waals surface area contributed by atoms with Crippen molar-refractivity contribution in [2.24, 2.45) is 4.99 Å². The van der Waals surface area contributed by atoms with Gasteiger partial charge in [-0.15, -0.1) is 0 Å². The van der Waals surface area contributed by atoms with Crippen molar-refractivity contribution in [2.75, 3.05) is 25.6 Å². The number of aromatic nitrogens is 2. The minimum Gasteiger partial charge on any atom is -0.496 e. The molecule has 2 N–H and O–H groups in total. The topological polar surface area (TPSA) is 98.0 Å². The van der Waals surface area contributed by atoms with E-state index in [0.717, 1.165) is 37.1 Å². The molecule has 0 saturated carbocycles. The standard InChI is InChI=1S/C22H28N4O4/c1-3-30-22(28)17-10-14-6-4-5-7-15(14)16(20(17)29-2)8-9-26-13-25-19-18(27)11-23-12-24-21(19)26/h10,12-13,18,27H,3-9,11H2,1-2H3,(H,23,24). The zero-order valence-corrected chi connectivity index (χ0v) is 17.5. The summed E-state index contributed by atoms with van der Waals surface area (Å²) in [5.74, 6) is 1.01. The van der Waals surface area contributed by atoms with E-state index in [1.165, 1.54) is 11.1 Å². The monoisotopic (exact) mass is 412 g/mol. The van der Waals surface area contributed by atoms with Crippen LogP contribution in [0.3, 0.4) is 0 Å². The number of anilines is 1. The number of esters is 1. The maximum atomic E-state index is 12.6. The van der Waals surface area contributed by atoms with Crippen LogP contribution in [0.5, 0.6) is 5.75 Å². The zero-order valence-electron chi connectivity index (χ0n) is 17.5. The second kappa shape index (κ2) is 8.87. The van der Waals surface area contributed by atoms with Crippen molar-refractivity contribution in [3.05, 3.63) is 40.3 Å². The van der Waals surface area contributed by atoms with Crippen molar-refractivity contribution in [1.82, 2.24) is 9.55 Å². The smallest absolute Gasteiger partial charge is 0.341 e. The first-order valence-electron chi connectivity index (χ1n) is 10.5. The van der Waals surface area contributed by atoms with Gasteiger partial charge >= 0.3 is 5.97 Å². The molecule has 0 spiro atoms. The number of aliphatic hydroxyl groups is 1. The van der Waals surface area contributed by atoms with Crippen LogP contribution >= 0.6 is 0 Å². The largest absolute Gasteiger partial charge is 0.496 e. The maximum Gasteiger partial charge on any atom is 0.341 e. The Bertz CT molecular complexity index is 967. The summed E-state index contributed by atoms with van der Waals surface area (Å²) in [4.78, 5) is 21.1. The average molecular weight is 412 g/mol. The quantitative estimate of drug-likeness (QED) is 0.708. The number of hydrogen-bond acceptors (Lipinski definition) is 7. The van der Waals surface area contributed by atoms with Gasteiger partial charge in [0, 0.05) is 12.1 Å². The van der Waals surface area contributed by atoms with Crippen LogP contribution in [0.4, 0.5) is 5.82 Å². The van der Waals surface area contributed by atoms with E-state index in [-0.39, 0.29) is 5.97 Å². The molecule has 1 unspecified atom stereocenters. The van der Waals surface area contributed by atoms with E-state index in [0.29, 0.717) is 43.1 Å². The Morgan fingerprint density at radius 3 is 3.00 bits per heavy atom. The molecule has 0 amide bonds. The number of methoxy groups -OCH3 is 1. The molecule has 4 rings (SSSR count). The fraction of sp³-hybridized carbons (Fsp3) is 0.500. The van der Waals surface area contributed by atoms with Gasteiger partial charge in [0.1, 0.15) is 28.9 Å². The number of carbonyl (C=O) groups is 1. The van der Waals surface area contributed by atoms with Gasteiger partial charge in [0.15, 0.2) is 0 Å². The third-order valence-electron chi connectivity index (χ3n) is 5.77. The van der Waals surface area contributed by atoms with Gasteiger partial charge in [0.2, 0.25) is 0 Å². The first kappa shape index (κ1) is 20.4. The third-order valence-corrected chi connectivity index (χ3v) is 5.77. The number of carbonyl (C=O) groups excluding carboxylic acids is 1. The molecule has 0 bridgehead atoms. The molecular weight excluding hydrogens is 384 g/mol. The first-order valence-corrected chi connectivity index (χ1v) is 10.5. The molecule has 160 valence electrons. The molecule has 0 saturated heterocycles. The number of aliphatic hydroxyl groups excluding tert-OH is 1. The Morgan fingerprint density at radius 1 is 1.37 bits per heavy atom. The van der Waals surface area contributed by atoms with Gasteiger partial charge < -0.3 is 24.5 Å². The van der Waals surface area contributed by atoms with Gasteiger partial charge in [0.05, 0.1) is 32.9 Å². The van der Waals surface area contributed by atoms with Crippen molar-refractivity contribution in [2.45, 2.75) is 51.7 Å². The fourth-order valence-corrected chi connectivity index (χ4v) is 4.38. The molecule has 0 radical (unpaired) electrons. The van der Waals surface area contributed by atoms with Crippen LogP contribution in [0, 0.1) is 0 Å². The van der Waals surface area contributed by atoms with Gasteiger partial charge in [-0.1, -0.05) is 0 Å². The number of rotatable bonds is 6. The van der Waals surface area contributed by atoms with E-state index in [9.17, 15) is 9.90 Å². The number of imidazole rings is 1. The first-order chi connectivity index (χ1) is 14.6. The molecule has 0 fully saturated rings. The summed E-state index contributed by atoms with van der Waals surface area (Å²) in [5, 5.41) is 13.3. The molecule has 1 aliphatic heterocycles. The minimum absolute atomic E-state index is 0.292. The molecular formula is C22H28N4O4. The lowest BCUT2D eigenvalue weighted by Crippen LogP contribution is -2.16. The van der Waals surface area contributed by atoms with Gasteiger partial charge in [-0.3, -0.25) is 4.99 Å². The molecule has 1 aromatic carbocycles. The number of benzene rings is 1. The highest BCUT2D eigenvalue weighted by atomic mass is 16.5. The summed E-state index contributed by atoms with van der Waals surface area (Å²) >= 11 is 0. The normalized spacial score (nSPS) is 17.5. The Labute approximate surface area is 175 Å². The van der Waals surface area contributed by atoms with E-state index in [2.05, 4.69) is 15.3 Å². The maximum absolute atomic E-state index is 12.6. The molecule has 1 aromatic heterocycles. The van der Waals surface area contributed by atoms with E-state index in [4.69, 9.17) is 9.47 Å². The average Bonchev–Trinajstić information content (AvgIpc) is 3.07. The van der Waals surface area contributed by atoms with Crippen molar-refractivity contribution in [3.8, 4) is 5.75 Å². The number of nitrogens with zero attached hydrogens (tertiary/aromatic N) is 3. The van der Waals surface area contributed by atoms with Crippen molar-refractivity contribution in [3.63, 3.8) is 0 Å². The molecule has 8 nitrogen and oxygen atoms in total.